The lowest BCUT2D eigenvalue weighted by Gasteiger charge is -1.97. The van der Waals surface area contributed by atoms with Gasteiger partial charge in [0.1, 0.15) is 0 Å². The van der Waals surface area contributed by atoms with E-state index in [1.807, 2.05) is 0 Å². The van der Waals surface area contributed by atoms with Crippen LogP contribution in [0.2, 0.25) is 0 Å². The van der Waals surface area contributed by atoms with E-state index in [4.69, 9.17) is 5.11 Å². The minimum absolute atomic E-state index is 0.132. The fraction of sp³-hybridized carbons (Fsp3) is 0. The summed E-state index contributed by atoms with van der Waals surface area (Å²) in [6.45, 7) is 0. The van der Waals surface area contributed by atoms with E-state index in [-0.39, 0.29) is 11.3 Å². The highest BCUT2D eigenvalue weighted by Crippen LogP contribution is 2.23. The number of carboxylic acid groups (broad SMARTS) is 1. The molecular formula is C8H5N3O4. The number of aromatic carboxylic acids is 1. The summed E-state index contributed by atoms with van der Waals surface area (Å²) in [6.07, 6.45) is 1.32. The lowest BCUT2D eigenvalue weighted by atomic mass is 10.1. The van der Waals surface area contributed by atoms with Crippen LogP contribution in [0.5, 0.6) is 0 Å². The van der Waals surface area contributed by atoms with Gasteiger partial charge in [-0.25, -0.2) is 4.79 Å². The Morgan fingerprint density at radius 1 is 1.53 bits per heavy atom. The standard InChI is InChI=1S/C8H5N3O4/c12-8(13)5-1-4(11(14)15)2-7-6(5)3-9-10-7/h1-3H,(H,9,10)(H,12,13). The van der Waals surface area contributed by atoms with Gasteiger partial charge in [0, 0.05) is 17.5 Å². The van der Waals surface area contributed by atoms with Crippen molar-refractivity contribution >= 4 is 22.6 Å². The van der Waals surface area contributed by atoms with Crippen LogP contribution >= 0.6 is 0 Å². The Bertz CT molecular complexity index is 560. The quantitative estimate of drug-likeness (QED) is 0.567. The average molecular weight is 207 g/mol. The number of benzene rings is 1. The van der Waals surface area contributed by atoms with Crippen molar-refractivity contribution in [1.82, 2.24) is 10.2 Å². The monoisotopic (exact) mass is 207 g/mol. The zero-order valence-electron chi connectivity index (χ0n) is 7.30. The normalized spacial score (nSPS) is 10.4. The van der Waals surface area contributed by atoms with Crippen molar-refractivity contribution in [2.24, 2.45) is 0 Å². The molecule has 0 saturated carbocycles. The molecule has 0 bridgehead atoms. The number of hydrogen-bond donors (Lipinski definition) is 2. The van der Waals surface area contributed by atoms with Gasteiger partial charge < -0.3 is 5.11 Å². The first kappa shape index (κ1) is 9.13. The summed E-state index contributed by atoms with van der Waals surface area (Å²) in [7, 11) is 0. The Morgan fingerprint density at radius 3 is 2.87 bits per heavy atom. The number of nitro benzene ring substituents is 1. The van der Waals surface area contributed by atoms with Gasteiger partial charge in [0.2, 0.25) is 0 Å². The van der Waals surface area contributed by atoms with Crippen molar-refractivity contribution in [1.29, 1.82) is 0 Å². The van der Waals surface area contributed by atoms with Crippen molar-refractivity contribution < 1.29 is 14.8 Å². The molecule has 2 rings (SSSR count). The number of nitrogens with zero attached hydrogens (tertiary/aromatic N) is 2. The molecule has 0 aliphatic carbocycles. The van der Waals surface area contributed by atoms with E-state index in [1.165, 1.54) is 12.3 Å². The predicted molar refractivity (Wildman–Crippen MR) is 49.7 cm³/mol. The molecule has 15 heavy (non-hydrogen) atoms. The van der Waals surface area contributed by atoms with Gasteiger partial charge >= 0.3 is 5.97 Å². The van der Waals surface area contributed by atoms with Crippen LogP contribution in [0.15, 0.2) is 18.3 Å². The molecule has 0 aliphatic rings. The van der Waals surface area contributed by atoms with Crippen LogP contribution in [0.1, 0.15) is 10.4 Å². The fourth-order valence-corrected chi connectivity index (χ4v) is 1.32. The number of aromatic amines is 1. The van der Waals surface area contributed by atoms with Crippen molar-refractivity contribution in [2.45, 2.75) is 0 Å². The van der Waals surface area contributed by atoms with E-state index in [2.05, 4.69) is 10.2 Å². The van der Waals surface area contributed by atoms with E-state index in [9.17, 15) is 14.9 Å². The molecule has 0 aliphatic heterocycles. The zero-order valence-corrected chi connectivity index (χ0v) is 7.30. The van der Waals surface area contributed by atoms with Gasteiger partial charge in [-0.05, 0) is 0 Å². The second-order valence-electron chi connectivity index (χ2n) is 2.89. The average Bonchev–Trinajstić information content (AvgIpc) is 2.62. The maximum atomic E-state index is 10.8. The number of non-ortho nitro benzene ring substituents is 1. The van der Waals surface area contributed by atoms with Crippen LogP contribution in [0.3, 0.4) is 0 Å². The highest BCUT2D eigenvalue weighted by atomic mass is 16.6. The highest BCUT2D eigenvalue weighted by molar-refractivity contribution is 6.03. The Labute approximate surface area is 82.5 Å². The number of nitrogens with one attached hydrogen (secondary N) is 1. The number of carboxylic acids is 1. The Kier molecular flexibility index (Phi) is 1.86. The smallest absolute Gasteiger partial charge is 0.336 e. The number of carbonyl (C=O) groups is 1. The lowest BCUT2D eigenvalue weighted by Crippen LogP contribution is -1.99. The zero-order chi connectivity index (χ0) is 11.0. The third-order valence-corrected chi connectivity index (χ3v) is 1.98. The molecule has 0 fully saturated rings. The van der Waals surface area contributed by atoms with Crippen LogP contribution in [-0.2, 0) is 0 Å². The number of rotatable bonds is 2. The molecule has 0 saturated heterocycles. The Morgan fingerprint density at radius 2 is 2.27 bits per heavy atom. The number of aromatic nitrogens is 2. The van der Waals surface area contributed by atoms with E-state index < -0.39 is 10.9 Å². The largest absolute Gasteiger partial charge is 0.478 e. The molecule has 0 unspecified atom stereocenters. The van der Waals surface area contributed by atoms with Gasteiger partial charge in [0.15, 0.2) is 0 Å². The first-order chi connectivity index (χ1) is 7.09. The number of H-pyrrole nitrogens is 1. The van der Waals surface area contributed by atoms with Gasteiger partial charge in [-0.2, -0.15) is 5.10 Å². The Hall–Kier alpha value is -2.44. The van der Waals surface area contributed by atoms with Gasteiger partial charge in [-0.3, -0.25) is 15.2 Å². The van der Waals surface area contributed by atoms with E-state index in [0.29, 0.717) is 10.9 Å². The summed E-state index contributed by atoms with van der Waals surface area (Å²) in [6, 6.07) is 2.26. The molecule has 2 aromatic rings. The minimum atomic E-state index is -1.22. The number of hydrogen-bond acceptors (Lipinski definition) is 4. The molecule has 2 N–H and O–H groups in total. The second-order valence-corrected chi connectivity index (χ2v) is 2.89. The molecule has 7 nitrogen and oxygen atoms in total. The van der Waals surface area contributed by atoms with Gasteiger partial charge in [0.05, 0.1) is 22.2 Å². The topological polar surface area (TPSA) is 109 Å². The highest BCUT2D eigenvalue weighted by Gasteiger charge is 2.16. The van der Waals surface area contributed by atoms with Crippen LogP contribution in [0.4, 0.5) is 5.69 Å². The summed E-state index contributed by atoms with van der Waals surface area (Å²) >= 11 is 0. The van der Waals surface area contributed by atoms with Crippen molar-refractivity contribution in [3.8, 4) is 0 Å². The molecule has 1 heterocycles. The summed E-state index contributed by atoms with van der Waals surface area (Å²) < 4.78 is 0. The lowest BCUT2D eigenvalue weighted by molar-refractivity contribution is -0.384. The second kappa shape index (κ2) is 3.05. The van der Waals surface area contributed by atoms with E-state index in [0.717, 1.165) is 6.07 Å². The first-order valence-corrected chi connectivity index (χ1v) is 3.94. The van der Waals surface area contributed by atoms with Gasteiger partial charge in [-0.1, -0.05) is 0 Å². The van der Waals surface area contributed by atoms with Crippen molar-refractivity contribution in [3.05, 3.63) is 34.0 Å². The molecule has 76 valence electrons. The Balaban J connectivity index is 2.80. The summed E-state index contributed by atoms with van der Waals surface area (Å²) in [5, 5.41) is 25.8. The molecule has 0 radical (unpaired) electrons. The number of fused-ring (bicyclic) bond motifs is 1. The maximum absolute atomic E-state index is 10.8. The van der Waals surface area contributed by atoms with E-state index >= 15 is 0 Å². The maximum Gasteiger partial charge on any atom is 0.336 e. The first-order valence-electron chi connectivity index (χ1n) is 3.94. The van der Waals surface area contributed by atoms with Crippen LogP contribution in [0, 0.1) is 10.1 Å². The van der Waals surface area contributed by atoms with E-state index in [1.54, 1.807) is 0 Å². The third-order valence-electron chi connectivity index (χ3n) is 1.98. The van der Waals surface area contributed by atoms with Crippen molar-refractivity contribution in [2.75, 3.05) is 0 Å². The molecule has 1 aromatic carbocycles. The summed E-state index contributed by atoms with van der Waals surface area (Å²) in [5.74, 6) is -1.22. The van der Waals surface area contributed by atoms with Crippen LogP contribution < -0.4 is 0 Å². The molecule has 1 aromatic heterocycles. The molecule has 0 spiro atoms. The SMILES string of the molecule is O=C(O)c1cc([N+](=O)[O-])cc2[nH]ncc12. The van der Waals surface area contributed by atoms with Gasteiger partial charge in [0.25, 0.3) is 5.69 Å². The fourth-order valence-electron chi connectivity index (χ4n) is 1.32. The molecule has 7 heteroatoms. The third kappa shape index (κ3) is 1.39. The summed E-state index contributed by atoms with van der Waals surface area (Å²) in [5.41, 5.74) is -0.0706. The predicted octanol–water partition coefficient (Wildman–Crippen LogP) is 1.17. The van der Waals surface area contributed by atoms with Gasteiger partial charge in [-0.15, -0.1) is 0 Å². The molecule has 0 amide bonds. The number of nitro groups is 1. The van der Waals surface area contributed by atoms with Crippen LogP contribution in [-0.4, -0.2) is 26.2 Å². The minimum Gasteiger partial charge on any atom is -0.478 e. The van der Waals surface area contributed by atoms with Crippen LogP contribution in [0.25, 0.3) is 10.9 Å². The molecular weight excluding hydrogens is 202 g/mol. The van der Waals surface area contributed by atoms with Crippen molar-refractivity contribution in [3.63, 3.8) is 0 Å². The summed E-state index contributed by atoms with van der Waals surface area (Å²) in [4.78, 5) is 20.7. The molecule has 0 atom stereocenters.